The molecule has 0 aliphatic carbocycles. The normalized spacial score (nSPS) is 17.3. The molecule has 3 amide bonds. The molecule has 3 rings (SSSR count). The molecule has 3 N–H and O–H groups in total. The van der Waals surface area contributed by atoms with Crippen LogP contribution in [-0.4, -0.2) is 32.9 Å². The number of likely N-dealkylation sites (tertiary alicyclic amines) is 1. The van der Waals surface area contributed by atoms with Gasteiger partial charge in [-0.3, -0.25) is 10.1 Å². The van der Waals surface area contributed by atoms with Crippen LogP contribution in [0.4, 0.5) is 10.6 Å². The zero-order valence-electron chi connectivity index (χ0n) is 12.9. The van der Waals surface area contributed by atoms with E-state index in [1.54, 1.807) is 17.0 Å². The third kappa shape index (κ3) is 3.03. The first-order valence-corrected chi connectivity index (χ1v) is 7.52. The number of nitrogens with zero attached hydrogens (tertiary/aromatic N) is 3. The smallest absolute Gasteiger partial charge is 0.323 e. The quantitative estimate of drug-likeness (QED) is 0.906. The van der Waals surface area contributed by atoms with Gasteiger partial charge in [-0.1, -0.05) is 6.07 Å². The molecule has 1 saturated heterocycles. The van der Waals surface area contributed by atoms with Crippen LogP contribution in [0.15, 0.2) is 36.5 Å². The molecule has 1 atom stereocenters. The molecule has 0 aromatic carbocycles. The van der Waals surface area contributed by atoms with Gasteiger partial charge in [0.1, 0.15) is 11.5 Å². The Morgan fingerprint density at radius 2 is 2.13 bits per heavy atom. The fourth-order valence-electron chi connectivity index (χ4n) is 2.96. The molecule has 1 aliphatic rings. The molecule has 1 unspecified atom stereocenters. The number of carbonyl (C=O) groups excluding carboxylic acids is 2. The number of amides is 3. The van der Waals surface area contributed by atoms with Gasteiger partial charge in [-0.05, 0) is 37.1 Å². The lowest BCUT2D eigenvalue weighted by atomic mass is 10.1. The molecule has 0 spiro atoms. The van der Waals surface area contributed by atoms with Gasteiger partial charge >= 0.3 is 6.03 Å². The van der Waals surface area contributed by atoms with E-state index < -0.39 is 5.91 Å². The number of aromatic nitrogens is 2. The number of rotatable bonds is 3. The van der Waals surface area contributed by atoms with Gasteiger partial charge in [0, 0.05) is 25.5 Å². The van der Waals surface area contributed by atoms with Crippen LogP contribution in [0.2, 0.25) is 0 Å². The Bertz CT molecular complexity index is 740. The summed E-state index contributed by atoms with van der Waals surface area (Å²) < 4.78 is 2.03. The highest BCUT2D eigenvalue weighted by atomic mass is 16.2. The molecule has 0 saturated carbocycles. The predicted molar refractivity (Wildman–Crippen MR) is 85.9 cm³/mol. The Morgan fingerprint density at radius 3 is 2.83 bits per heavy atom. The summed E-state index contributed by atoms with van der Waals surface area (Å²) in [5, 5.41) is 2.75. The van der Waals surface area contributed by atoms with Gasteiger partial charge in [-0.25, -0.2) is 9.78 Å². The summed E-state index contributed by atoms with van der Waals surface area (Å²) in [5.41, 5.74) is 6.45. The molecule has 2 aromatic heterocycles. The topological polar surface area (TPSA) is 93.3 Å². The summed E-state index contributed by atoms with van der Waals surface area (Å²) in [7, 11) is 1.97. The van der Waals surface area contributed by atoms with Crippen molar-refractivity contribution in [2.75, 3.05) is 11.9 Å². The molecule has 0 bridgehead atoms. The molecule has 0 radical (unpaired) electrons. The van der Waals surface area contributed by atoms with Crippen molar-refractivity contribution >= 4 is 17.8 Å². The van der Waals surface area contributed by atoms with Crippen molar-refractivity contribution in [3.63, 3.8) is 0 Å². The Kier molecular flexibility index (Phi) is 4.01. The van der Waals surface area contributed by atoms with Gasteiger partial charge in [0.15, 0.2) is 0 Å². The SMILES string of the molecule is Cn1cccc1C1CCCN1C(=O)Nc1cccc(C(N)=O)n1. The summed E-state index contributed by atoms with van der Waals surface area (Å²) in [6.07, 6.45) is 3.86. The van der Waals surface area contributed by atoms with Gasteiger partial charge < -0.3 is 15.2 Å². The Hall–Kier alpha value is -2.83. The van der Waals surface area contributed by atoms with Crippen LogP contribution in [0, 0.1) is 0 Å². The average molecular weight is 313 g/mol. The van der Waals surface area contributed by atoms with E-state index in [4.69, 9.17) is 5.73 Å². The van der Waals surface area contributed by atoms with Gasteiger partial charge in [-0.15, -0.1) is 0 Å². The molecular formula is C16H19N5O2. The third-order valence-electron chi connectivity index (χ3n) is 4.08. The van der Waals surface area contributed by atoms with E-state index >= 15 is 0 Å². The Morgan fingerprint density at radius 1 is 1.30 bits per heavy atom. The first-order valence-electron chi connectivity index (χ1n) is 7.52. The van der Waals surface area contributed by atoms with Crippen molar-refractivity contribution in [2.45, 2.75) is 18.9 Å². The highest BCUT2D eigenvalue weighted by molar-refractivity contribution is 5.93. The standard InChI is InChI=1S/C16H19N5O2/c1-20-9-3-6-12(20)13-7-4-10-21(13)16(23)19-14-8-2-5-11(18-14)15(17)22/h2-3,5-6,8-9,13H,4,7,10H2,1H3,(H2,17,22)(H,18,19,23). The summed E-state index contributed by atoms with van der Waals surface area (Å²) in [6, 6.07) is 8.63. The first-order chi connectivity index (χ1) is 11.1. The molecule has 1 fully saturated rings. The zero-order chi connectivity index (χ0) is 16.4. The maximum absolute atomic E-state index is 12.6. The van der Waals surface area contributed by atoms with Crippen molar-refractivity contribution < 1.29 is 9.59 Å². The van der Waals surface area contributed by atoms with Crippen molar-refractivity contribution in [3.8, 4) is 0 Å². The lowest BCUT2D eigenvalue weighted by Gasteiger charge is -2.25. The van der Waals surface area contributed by atoms with Crippen LogP contribution in [0.5, 0.6) is 0 Å². The molecule has 120 valence electrons. The number of anilines is 1. The van der Waals surface area contributed by atoms with Crippen molar-refractivity contribution in [1.29, 1.82) is 0 Å². The van der Waals surface area contributed by atoms with E-state index in [1.165, 1.54) is 6.07 Å². The number of hydrogen-bond donors (Lipinski definition) is 2. The van der Waals surface area contributed by atoms with E-state index in [0.29, 0.717) is 12.4 Å². The van der Waals surface area contributed by atoms with E-state index in [9.17, 15) is 9.59 Å². The van der Waals surface area contributed by atoms with Gasteiger partial charge in [0.2, 0.25) is 0 Å². The number of nitrogens with one attached hydrogen (secondary N) is 1. The highest BCUT2D eigenvalue weighted by Crippen LogP contribution is 2.32. The molecule has 2 aromatic rings. The van der Waals surface area contributed by atoms with Crippen molar-refractivity contribution in [1.82, 2.24) is 14.5 Å². The third-order valence-corrected chi connectivity index (χ3v) is 4.08. The van der Waals surface area contributed by atoms with E-state index in [-0.39, 0.29) is 17.8 Å². The van der Waals surface area contributed by atoms with Gasteiger partial charge in [-0.2, -0.15) is 0 Å². The van der Waals surface area contributed by atoms with Crippen LogP contribution in [0.25, 0.3) is 0 Å². The number of hydrogen-bond acceptors (Lipinski definition) is 3. The number of pyridine rings is 1. The summed E-state index contributed by atoms with van der Waals surface area (Å²) in [6.45, 7) is 0.692. The van der Waals surface area contributed by atoms with Crippen LogP contribution in [0.1, 0.15) is 35.1 Å². The Labute approximate surface area is 134 Å². The fourth-order valence-corrected chi connectivity index (χ4v) is 2.96. The second kappa shape index (κ2) is 6.12. The maximum Gasteiger partial charge on any atom is 0.323 e. The summed E-state index contributed by atoms with van der Waals surface area (Å²) >= 11 is 0. The van der Waals surface area contributed by atoms with Crippen LogP contribution in [-0.2, 0) is 7.05 Å². The second-order valence-electron chi connectivity index (χ2n) is 5.60. The predicted octanol–water partition coefficient (Wildman–Crippen LogP) is 1.89. The number of aryl methyl sites for hydroxylation is 1. The second-order valence-corrected chi connectivity index (χ2v) is 5.60. The molecule has 23 heavy (non-hydrogen) atoms. The molecule has 3 heterocycles. The number of primary amides is 1. The van der Waals surface area contributed by atoms with Crippen molar-refractivity contribution in [3.05, 3.63) is 47.9 Å². The van der Waals surface area contributed by atoms with E-state index in [1.807, 2.05) is 29.9 Å². The van der Waals surface area contributed by atoms with Gasteiger partial charge in [0.05, 0.1) is 6.04 Å². The van der Waals surface area contributed by atoms with Crippen molar-refractivity contribution in [2.24, 2.45) is 12.8 Å². The zero-order valence-corrected chi connectivity index (χ0v) is 12.9. The minimum Gasteiger partial charge on any atom is -0.364 e. The lowest BCUT2D eigenvalue weighted by Crippen LogP contribution is -2.35. The fraction of sp³-hybridized carbons (Fsp3) is 0.312. The van der Waals surface area contributed by atoms with Crippen LogP contribution in [0.3, 0.4) is 0 Å². The number of urea groups is 1. The molecule has 7 heteroatoms. The first kappa shape index (κ1) is 15.1. The Balaban J connectivity index is 1.76. The largest absolute Gasteiger partial charge is 0.364 e. The number of nitrogens with two attached hydrogens (primary N) is 1. The lowest BCUT2D eigenvalue weighted by molar-refractivity contribution is 0.0995. The average Bonchev–Trinajstić information content (AvgIpc) is 3.15. The van der Waals surface area contributed by atoms with Gasteiger partial charge in [0.25, 0.3) is 5.91 Å². The number of carbonyl (C=O) groups is 2. The summed E-state index contributed by atoms with van der Waals surface area (Å²) in [4.78, 5) is 29.6. The molecule has 1 aliphatic heterocycles. The van der Waals surface area contributed by atoms with E-state index in [2.05, 4.69) is 10.3 Å². The van der Waals surface area contributed by atoms with E-state index in [0.717, 1.165) is 18.5 Å². The van der Waals surface area contributed by atoms with Crippen LogP contribution >= 0.6 is 0 Å². The minimum absolute atomic E-state index is 0.0503. The monoisotopic (exact) mass is 313 g/mol. The summed E-state index contributed by atoms with van der Waals surface area (Å²) in [5.74, 6) is -0.298. The maximum atomic E-state index is 12.6. The van der Waals surface area contributed by atoms with Crippen LogP contribution < -0.4 is 11.1 Å². The molecular weight excluding hydrogens is 294 g/mol. The molecule has 7 nitrogen and oxygen atoms in total. The highest BCUT2D eigenvalue weighted by Gasteiger charge is 2.31. The minimum atomic E-state index is -0.621.